The predicted octanol–water partition coefficient (Wildman–Crippen LogP) is 3.00. The first-order valence-corrected chi connectivity index (χ1v) is 5.87. The first-order valence-electron chi connectivity index (χ1n) is 3.64. The molecule has 0 aliphatic rings. The van der Waals surface area contributed by atoms with E-state index in [0.29, 0.717) is 0 Å². The molecule has 16 heavy (non-hydrogen) atoms. The second kappa shape index (κ2) is 4.27. The van der Waals surface area contributed by atoms with Crippen LogP contribution in [0.1, 0.15) is 0 Å². The molecule has 0 fully saturated rings. The van der Waals surface area contributed by atoms with Crippen molar-refractivity contribution in [3.05, 3.63) is 23.2 Å². The molecule has 0 amide bonds. The summed E-state index contributed by atoms with van der Waals surface area (Å²) < 4.78 is 61.8. The monoisotopic (exact) mass is 289 g/mol. The molecule has 1 aromatic rings. The van der Waals surface area contributed by atoms with Gasteiger partial charge in [0.05, 0.1) is 15.6 Å². The number of hydrogen-bond acceptors (Lipinski definition) is 4. The molecule has 0 saturated carbocycles. The Kier molecular flexibility index (Phi) is 3.56. The number of sulfone groups is 1. The van der Waals surface area contributed by atoms with E-state index in [9.17, 15) is 21.6 Å². The van der Waals surface area contributed by atoms with Gasteiger partial charge in [-0.1, -0.05) is 11.6 Å². The lowest BCUT2D eigenvalue weighted by Gasteiger charge is -2.09. The van der Waals surface area contributed by atoms with Crippen molar-refractivity contribution in [2.75, 3.05) is 0 Å². The summed E-state index contributed by atoms with van der Waals surface area (Å²) in [5.74, 6) is 0. The molecule has 3 nitrogen and oxygen atoms in total. The van der Waals surface area contributed by atoms with Gasteiger partial charge in [0, 0.05) is 12.4 Å². The Morgan fingerprint density at radius 3 is 2.25 bits per heavy atom. The van der Waals surface area contributed by atoms with Gasteiger partial charge in [-0.05, 0) is 18.2 Å². The average molecular weight is 290 g/mol. The Morgan fingerprint density at radius 2 is 1.88 bits per heavy atom. The minimum atomic E-state index is -5.44. The highest BCUT2D eigenvalue weighted by Gasteiger charge is 2.47. The summed E-state index contributed by atoms with van der Waals surface area (Å²) in [6.45, 7) is 0. The molecule has 0 radical (unpaired) electrons. The van der Waals surface area contributed by atoms with Crippen molar-refractivity contribution in [1.82, 2.24) is 0 Å². The van der Waals surface area contributed by atoms with Crippen molar-refractivity contribution >= 4 is 39.6 Å². The van der Waals surface area contributed by atoms with Crippen LogP contribution in [0, 0.1) is 0 Å². The standard InChI is InChI=1S/C7H3ClF3NO2S2/c8-5-3-4(12-15)1-2-6(5)16(13,14)7(9,10)11/h1-3H. The number of benzene rings is 1. The Balaban J connectivity index is 3.42. The van der Waals surface area contributed by atoms with Crippen molar-refractivity contribution < 1.29 is 21.6 Å². The molecule has 0 aliphatic carbocycles. The largest absolute Gasteiger partial charge is 0.501 e. The number of nitrogens with zero attached hydrogens (tertiary/aromatic N) is 1. The van der Waals surface area contributed by atoms with Crippen LogP contribution in [0.4, 0.5) is 18.9 Å². The summed E-state index contributed by atoms with van der Waals surface area (Å²) in [6, 6.07) is 2.71. The minimum Gasteiger partial charge on any atom is -0.214 e. The van der Waals surface area contributed by atoms with E-state index in [4.69, 9.17) is 11.6 Å². The molecule has 0 bridgehead atoms. The molecule has 0 saturated heterocycles. The van der Waals surface area contributed by atoms with Crippen LogP contribution >= 0.6 is 11.6 Å². The third-order valence-corrected chi connectivity index (χ3v) is 3.80. The van der Waals surface area contributed by atoms with Gasteiger partial charge in [0.25, 0.3) is 9.84 Å². The van der Waals surface area contributed by atoms with Gasteiger partial charge >= 0.3 is 5.51 Å². The summed E-state index contributed by atoms with van der Waals surface area (Å²) >= 11 is 9.70. The quantitative estimate of drug-likeness (QED) is 0.841. The normalized spacial score (nSPS) is 12.5. The molecular weight excluding hydrogens is 287 g/mol. The van der Waals surface area contributed by atoms with Crippen LogP contribution in [0.15, 0.2) is 27.5 Å². The zero-order valence-corrected chi connectivity index (χ0v) is 9.71. The lowest BCUT2D eigenvalue weighted by atomic mass is 10.3. The van der Waals surface area contributed by atoms with Crippen LogP contribution in [-0.2, 0) is 22.3 Å². The van der Waals surface area contributed by atoms with Crippen molar-refractivity contribution in [1.29, 1.82) is 0 Å². The van der Waals surface area contributed by atoms with Gasteiger partial charge in [-0.2, -0.15) is 17.5 Å². The fourth-order valence-corrected chi connectivity index (χ4v) is 2.29. The van der Waals surface area contributed by atoms with Gasteiger partial charge in [-0.3, -0.25) is 0 Å². The molecule has 88 valence electrons. The third-order valence-electron chi connectivity index (χ3n) is 1.62. The van der Waals surface area contributed by atoms with Crippen LogP contribution in [0.25, 0.3) is 0 Å². The fraction of sp³-hybridized carbons (Fsp3) is 0.143. The zero-order valence-electron chi connectivity index (χ0n) is 7.32. The highest BCUT2D eigenvalue weighted by molar-refractivity contribution is 7.92. The smallest absolute Gasteiger partial charge is 0.214 e. The first kappa shape index (κ1) is 13.3. The van der Waals surface area contributed by atoms with E-state index in [1.54, 1.807) is 0 Å². The van der Waals surface area contributed by atoms with Crippen LogP contribution in [0.2, 0.25) is 5.02 Å². The molecule has 0 spiro atoms. The predicted molar refractivity (Wildman–Crippen MR) is 54.1 cm³/mol. The summed E-state index contributed by atoms with van der Waals surface area (Å²) in [7, 11) is -5.44. The topological polar surface area (TPSA) is 46.5 Å². The van der Waals surface area contributed by atoms with Gasteiger partial charge in [0.1, 0.15) is 0 Å². The number of halogens is 4. The maximum absolute atomic E-state index is 12.2. The van der Waals surface area contributed by atoms with E-state index in [2.05, 4.69) is 16.8 Å². The SMILES string of the molecule is O=S(=O)(c1ccc(N=S)cc1Cl)C(F)(F)F. The molecule has 9 heteroatoms. The molecule has 1 rings (SSSR count). The molecular formula is C7H3ClF3NO2S2. The number of rotatable bonds is 2. The molecule has 0 aromatic heterocycles. The van der Waals surface area contributed by atoms with E-state index < -0.39 is 25.3 Å². The van der Waals surface area contributed by atoms with Crippen molar-refractivity contribution in [3.8, 4) is 0 Å². The van der Waals surface area contributed by atoms with Gasteiger partial charge in [-0.25, -0.2) is 8.42 Å². The van der Waals surface area contributed by atoms with E-state index in [0.717, 1.165) is 18.2 Å². The summed E-state index contributed by atoms with van der Waals surface area (Å²) in [6.07, 6.45) is 0. The van der Waals surface area contributed by atoms with Crippen LogP contribution in [0.5, 0.6) is 0 Å². The minimum absolute atomic E-state index is 0.112. The highest BCUT2D eigenvalue weighted by atomic mass is 35.5. The Bertz CT molecular complexity index is 527. The van der Waals surface area contributed by atoms with E-state index in [1.165, 1.54) is 0 Å². The molecule has 0 unspecified atom stereocenters. The first-order chi connectivity index (χ1) is 7.20. The van der Waals surface area contributed by atoms with Gasteiger partial charge in [0.15, 0.2) is 0 Å². The van der Waals surface area contributed by atoms with E-state index in [1.807, 2.05) is 0 Å². The molecule has 0 atom stereocenters. The Labute approximate surface area is 99.3 Å². The van der Waals surface area contributed by atoms with Crippen LogP contribution in [0.3, 0.4) is 0 Å². The molecule has 0 aliphatic heterocycles. The summed E-state index contributed by atoms with van der Waals surface area (Å²) in [5, 5.41) is -0.566. The summed E-state index contributed by atoms with van der Waals surface area (Å²) in [4.78, 5) is -1.01. The molecule has 0 heterocycles. The lowest BCUT2D eigenvalue weighted by Crippen LogP contribution is -2.23. The van der Waals surface area contributed by atoms with Crippen molar-refractivity contribution in [2.45, 2.75) is 10.4 Å². The molecule has 1 aromatic carbocycles. The third kappa shape index (κ3) is 2.33. The maximum Gasteiger partial charge on any atom is 0.501 e. The number of hydrogen-bond donors (Lipinski definition) is 0. The fourth-order valence-electron chi connectivity index (χ4n) is 0.889. The van der Waals surface area contributed by atoms with Gasteiger partial charge < -0.3 is 0 Å². The zero-order chi connectivity index (χ0) is 12.6. The van der Waals surface area contributed by atoms with Gasteiger partial charge in [0.2, 0.25) is 0 Å². The molecule has 0 N–H and O–H groups in total. The van der Waals surface area contributed by atoms with Crippen LogP contribution in [-0.4, -0.2) is 13.9 Å². The number of alkyl halides is 3. The highest BCUT2D eigenvalue weighted by Crippen LogP contribution is 2.35. The van der Waals surface area contributed by atoms with Crippen molar-refractivity contribution in [3.63, 3.8) is 0 Å². The van der Waals surface area contributed by atoms with Crippen LogP contribution < -0.4 is 0 Å². The summed E-state index contributed by atoms with van der Waals surface area (Å²) in [5.41, 5.74) is -5.27. The lowest BCUT2D eigenvalue weighted by molar-refractivity contribution is -0.0435. The second-order valence-corrected chi connectivity index (χ2v) is 5.15. The maximum atomic E-state index is 12.2. The Hall–Kier alpha value is -0.730. The van der Waals surface area contributed by atoms with Gasteiger partial charge in [-0.15, -0.1) is 0 Å². The van der Waals surface area contributed by atoms with E-state index >= 15 is 0 Å². The van der Waals surface area contributed by atoms with Crippen molar-refractivity contribution in [2.24, 2.45) is 4.36 Å². The Morgan fingerprint density at radius 1 is 1.31 bits per heavy atom. The average Bonchev–Trinajstić information content (AvgIpc) is 2.15. The van der Waals surface area contributed by atoms with E-state index in [-0.39, 0.29) is 5.69 Å². The second-order valence-electron chi connectivity index (χ2n) is 2.66.